The van der Waals surface area contributed by atoms with Gasteiger partial charge in [-0.3, -0.25) is 4.99 Å². The maximum absolute atomic E-state index is 3.76. The molecule has 0 unspecified atom stereocenters. The van der Waals surface area contributed by atoms with Gasteiger partial charge in [0.25, 0.3) is 0 Å². The number of nitrogens with zero attached hydrogens (tertiary/aromatic N) is 1. The highest BCUT2D eigenvalue weighted by Gasteiger charge is 1.93. The summed E-state index contributed by atoms with van der Waals surface area (Å²) in [6.07, 6.45) is 0.795. The van der Waals surface area contributed by atoms with Crippen molar-refractivity contribution in [2.24, 2.45) is 4.99 Å². The van der Waals surface area contributed by atoms with Gasteiger partial charge in [0.15, 0.2) is 0 Å². The second-order valence-electron chi connectivity index (χ2n) is 2.89. The number of aryl methyl sites for hydroxylation is 1. The fourth-order valence-corrected chi connectivity index (χ4v) is 0.997. The Morgan fingerprint density at radius 3 is 2.14 bits per heavy atom. The molecule has 0 aliphatic carbocycles. The molecular weight excluding hydrogens is 170 g/mol. The van der Waals surface area contributed by atoms with Crippen LogP contribution in [-0.4, -0.2) is 6.72 Å². The lowest BCUT2D eigenvalue weighted by Gasteiger charge is -2.00. The smallest absolute Gasteiger partial charge is 0.0368 e. The minimum Gasteiger partial charge on any atom is -0.269 e. The van der Waals surface area contributed by atoms with E-state index >= 15 is 0 Å². The van der Waals surface area contributed by atoms with Crippen LogP contribution >= 0.6 is 0 Å². The predicted octanol–water partition coefficient (Wildman–Crippen LogP) is 3.78. The van der Waals surface area contributed by atoms with Crippen LogP contribution in [0.25, 0.3) is 0 Å². The van der Waals surface area contributed by atoms with Crippen LogP contribution in [0.1, 0.15) is 25.0 Å². The van der Waals surface area contributed by atoms with E-state index in [1.807, 2.05) is 13.8 Å². The highest BCUT2D eigenvalue weighted by Crippen LogP contribution is 2.08. The first-order valence-corrected chi connectivity index (χ1v) is 4.92. The quantitative estimate of drug-likeness (QED) is 0.642. The van der Waals surface area contributed by atoms with Crippen molar-refractivity contribution in [2.45, 2.75) is 27.2 Å². The first-order chi connectivity index (χ1) is 6.72. The molecule has 0 radical (unpaired) electrons. The zero-order valence-electron chi connectivity index (χ0n) is 9.38. The van der Waals surface area contributed by atoms with Gasteiger partial charge in [-0.25, -0.2) is 0 Å². The topological polar surface area (TPSA) is 12.4 Å². The SMILES string of the molecule is C=NC(=C)Cc1ccc(C)cc1.CC. The van der Waals surface area contributed by atoms with Gasteiger partial charge in [-0.05, 0) is 19.2 Å². The summed E-state index contributed by atoms with van der Waals surface area (Å²) in [6.45, 7) is 13.3. The van der Waals surface area contributed by atoms with E-state index in [0.717, 1.165) is 12.1 Å². The molecule has 1 heteroatoms. The second kappa shape index (κ2) is 7.07. The lowest BCUT2D eigenvalue weighted by atomic mass is 10.1. The lowest BCUT2D eigenvalue weighted by Crippen LogP contribution is -1.85. The first-order valence-electron chi connectivity index (χ1n) is 4.92. The van der Waals surface area contributed by atoms with E-state index in [1.165, 1.54) is 11.1 Å². The Morgan fingerprint density at radius 1 is 1.21 bits per heavy atom. The van der Waals surface area contributed by atoms with Crippen molar-refractivity contribution in [3.63, 3.8) is 0 Å². The molecule has 0 aliphatic rings. The zero-order valence-corrected chi connectivity index (χ0v) is 9.38. The van der Waals surface area contributed by atoms with Gasteiger partial charge in [-0.1, -0.05) is 50.3 Å². The molecule has 0 spiro atoms. The third-order valence-electron chi connectivity index (χ3n) is 1.75. The van der Waals surface area contributed by atoms with E-state index in [4.69, 9.17) is 0 Å². The van der Waals surface area contributed by atoms with Gasteiger partial charge in [0.1, 0.15) is 0 Å². The molecule has 1 nitrogen and oxygen atoms in total. The Morgan fingerprint density at radius 2 is 1.71 bits per heavy atom. The molecular formula is C13H19N. The summed E-state index contributed by atoms with van der Waals surface area (Å²) in [5.41, 5.74) is 3.33. The molecule has 1 aromatic rings. The first kappa shape index (κ1) is 12.6. The van der Waals surface area contributed by atoms with Gasteiger partial charge >= 0.3 is 0 Å². The molecule has 0 bridgehead atoms. The van der Waals surface area contributed by atoms with E-state index in [1.54, 1.807) is 0 Å². The van der Waals surface area contributed by atoms with Crippen LogP contribution in [-0.2, 0) is 6.42 Å². The Balaban J connectivity index is 0.000000791. The molecule has 76 valence electrons. The van der Waals surface area contributed by atoms with Crippen LogP contribution in [0.3, 0.4) is 0 Å². The zero-order chi connectivity index (χ0) is 11.0. The van der Waals surface area contributed by atoms with Gasteiger partial charge in [-0.15, -0.1) is 0 Å². The number of benzene rings is 1. The molecule has 0 saturated carbocycles. The minimum absolute atomic E-state index is 0.795. The summed E-state index contributed by atoms with van der Waals surface area (Å²) in [6, 6.07) is 8.36. The molecule has 0 atom stereocenters. The van der Waals surface area contributed by atoms with Crippen LogP contribution < -0.4 is 0 Å². The van der Waals surface area contributed by atoms with Crippen molar-refractivity contribution in [3.8, 4) is 0 Å². The maximum atomic E-state index is 3.76. The monoisotopic (exact) mass is 189 g/mol. The Hall–Kier alpha value is -1.37. The Kier molecular flexibility index (Phi) is 6.38. The molecule has 1 rings (SSSR count). The van der Waals surface area contributed by atoms with Gasteiger partial charge in [-0.2, -0.15) is 0 Å². The minimum atomic E-state index is 0.795. The fourth-order valence-electron chi connectivity index (χ4n) is 0.997. The van der Waals surface area contributed by atoms with Gasteiger partial charge in [0.05, 0.1) is 0 Å². The predicted molar refractivity (Wildman–Crippen MR) is 64.9 cm³/mol. The normalized spacial score (nSPS) is 8.50. The summed E-state index contributed by atoms with van der Waals surface area (Å²) >= 11 is 0. The van der Waals surface area contributed by atoms with E-state index in [-0.39, 0.29) is 0 Å². The third-order valence-corrected chi connectivity index (χ3v) is 1.75. The van der Waals surface area contributed by atoms with Gasteiger partial charge in [0.2, 0.25) is 0 Å². The van der Waals surface area contributed by atoms with E-state index in [0.29, 0.717) is 0 Å². The number of rotatable bonds is 3. The largest absolute Gasteiger partial charge is 0.269 e. The summed E-state index contributed by atoms with van der Waals surface area (Å²) in [5, 5.41) is 0. The third kappa shape index (κ3) is 4.61. The molecule has 0 aromatic heterocycles. The highest BCUT2D eigenvalue weighted by molar-refractivity contribution is 5.31. The molecule has 14 heavy (non-hydrogen) atoms. The van der Waals surface area contributed by atoms with E-state index in [2.05, 4.69) is 49.5 Å². The number of allylic oxidation sites excluding steroid dienone is 1. The maximum Gasteiger partial charge on any atom is 0.0368 e. The van der Waals surface area contributed by atoms with Crippen LogP contribution in [0.2, 0.25) is 0 Å². The van der Waals surface area contributed by atoms with Crippen molar-refractivity contribution in [1.82, 2.24) is 0 Å². The van der Waals surface area contributed by atoms with Gasteiger partial charge < -0.3 is 0 Å². The molecule has 0 fully saturated rings. The van der Waals surface area contributed by atoms with Gasteiger partial charge in [0, 0.05) is 12.1 Å². The summed E-state index contributed by atoms with van der Waals surface area (Å²) in [5.74, 6) is 0. The standard InChI is InChI=1S/C11H13N.C2H6/c1-9-4-6-11(7-5-9)8-10(2)12-3;1-2/h4-7H,2-3,8H2,1H3;1-2H3. The summed E-state index contributed by atoms with van der Waals surface area (Å²) < 4.78 is 0. The molecule has 0 N–H and O–H groups in total. The average molecular weight is 189 g/mol. The molecule has 0 aliphatic heterocycles. The summed E-state index contributed by atoms with van der Waals surface area (Å²) in [4.78, 5) is 3.76. The van der Waals surface area contributed by atoms with E-state index in [9.17, 15) is 0 Å². The van der Waals surface area contributed by atoms with Crippen molar-refractivity contribution >= 4 is 6.72 Å². The van der Waals surface area contributed by atoms with Crippen LogP contribution in [0.5, 0.6) is 0 Å². The lowest BCUT2D eigenvalue weighted by molar-refractivity contribution is 1.12. The number of aliphatic imine (C=N–C) groups is 1. The number of hydrogen-bond acceptors (Lipinski definition) is 1. The Bertz CT molecular complexity index is 283. The van der Waals surface area contributed by atoms with Crippen LogP contribution in [0.15, 0.2) is 41.5 Å². The molecule has 0 saturated heterocycles. The number of hydrogen-bond donors (Lipinski definition) is 0. The second-order valence-corrected chi connectivity index (χ2v) is 2.89. The molecule has 1 aromatic carbocycles. The van der Waals surface area contributed by atoms with E-state index < -0.39 is 0 Å². The van der Waals surface area contributed by atoms with Crippen molar-refractivity contribution in [3.05, 3.63) is 47.7 Å². The summed E-state index contributed by atoms with van der Waals surface area (Å²) in [7, 11) is 0. The highest BCUT2D eigenvalue weighted by atomic mass is 14.7. The fraction of sp³-hybridized carbons (Fsp3) is 0.308. The Labute approximate surface area is 87.2 Å². The van der Waals surface area contributed by atoms with Crippen LogP contribution in [0, 0.1) is 6.92 Å². The van der Waals surface area contributed by atoms with Crippen molar-refractivity contribution < 1.29 is 0 Å². The van der Waals surface area contributed by atoms with Crippen LogP contribution in [0.4, 0.5) is 0 Å². The van der Waals surface area contributed by atoms with Crippen molar-refractivity contribution in [1.29, 1.82) is 0 Å². The van der Waals surface area contributed by atoms with Crippen molar-refractivity contribution in [2.75, 3.05) is 0 Å². The molecule has 0 heterocycles. The molecule has 0 amide bonds. The average Bonchev–Trinajstić information content (AvgIpc) is 2.24.